The number of benzene rings is 1. The second-order valence-electron chi connectivity index (χ2n) is 4.06. The predicted octanol–water partition coefficient (Wildman–Crippen LogP) is 2.65. The summed E-state index contributed by atoms with van der Waals surface area (Å²) in [5, 5.41) is 11.5. The average Bonchev–Trinajstić information content (AvgIpc) is 2.27. The van der Waals surface area contributed by atoms with Gasteiger partial charge >= 0.3 is 0 Å². The zero-order chi connectivity index (χ0) is 12.7. The van der Waals surface area contributed by atoms with Crippen LogP contribution in [0.25, 0.3) is 0 Å². The molecule has 0 aliphatic heterocycles. The number of hydrogen-bond acceptors (Lipinski definition) is 2. The van der Waals surface area contributed by atoms with E-state index in [4.69, 9.17) is 5.11 Å². The molecule has 0 spiro atoms. The van der Waals surface area contributed by atoms with Gasteiger partial charge in [-0.3, -0.25) is 4.79 Å². The third kappa shape index (κ3) is 5.33. The Bertz CT molecular complexity index is 359. The number of rotatable bonds is 6. The lowest BCUT2D eigenvalue weighted by molar-refractivity contribution is 0.0952. The van der Waals surface area contributed by atoms with Crippen molar-refractivity contribution in [2.75, 3.05) is 13.2 Å². The van der Waals surface area contributed by atoms with Gasteiger partial charge in [0, 0.05) is 23.2 Å². The molecule has 4 heteroatoms. The molecule has 0 aromatic heterocycles. The van der Waals surface area contributed by atoms with Crippen molar-refractivity contribution in [2.45, 2.75) is 26.2 Å². The number of aliphatic hydroxyl groups excluding tert-OH is 1. The molecule has 94 valence electrons. The van der Waals surface area contributed by atoms with Gasteiger partial charge in [-0.05, 0) is 49.9 Å². The Morgan fingerprint density at radius 1 is 1.29 bits per heavy atom. The largest absolute Gasteiger partial charge is 0.396 e. The van der Waals surface area contributed by atoms with E-state index >= 15 is 0 Å². The molecule has 0 radical (unpaired) electrons. The van der Waals surface area contributed by atoms with Crippen molar-refractivity contribution in [3.8, 4) is 0 Å². The summed E-state index contributed by atoms with van der Waals surface area (Å²) in [6.07, 6.45) is 2.64. The minimum atomic E-state index is -0.0431. The second kappa shape index (κ2) is 7.45. The van der Waals surface area contributed by atoms with Gasteiger partial charge in [-0.2, -0.15) is 0 Å². The predicted molar refractivity (Wildman–Crippen MR) is 72.1 cm³/mol. The molecule has 0 unspecified atom stereocenters. The van der Waals surface area contributed by atoms with E-state index in [1.807, 2.05) is 25.1 Å². The van der Waals surface area contributed by atoms with E-state index in [-0.39, 0.29) is 12.5 Å². The molecule has 1 aromatic rings. The zero-order valence-corrected chi connectivity index (χ0v) is 11.6. The quantitative estimate of drug-likeness (QED) is 0.794. The van der Waals surface area contributed by atoms with Crippen LogP contribution in [0.15, 0.2) is 22.7 Å². The number of halogens is 1. The van der Waals surface area contributed by atoms with Gasteiger partial charge in [-0.15, -0.1) is 0 Å². The number of aryl methyl sites for hydroxylation is 1. The van der Waals surface area contributed by atoms with Crippen LogP contribution in [0.3, 0.4) is 0 Å². The van der Waals surface area contributed by atoms with E-state index in [0.29, 0.717) is 12.1 Å². The summed E-state index contributed by atoms with van der Waals surface area (Å²) >= 11 is 3.38. The van der Waals surface area contributed by atoms with Gasteiger partial charge in [0.2, 0.25) is 0 Å². The van der Waals surface area contributed by atoms with E-state index in [1.165, 1.54) is 0 Å². The molecule has 0 aliphatic carbocycles. The van der Waals surface area contributed by atoms with Crippen LogP contribution in [0.1, 0.15) is 35.2 Å². The second-order valence-corrected chi connectivity index (χ2v) is 4.97. The maximum Gasteiger partial charge on any atom is 0.251 e. The Kier molecular flexibility index (Phi) is 6.22. The van der Waals surface area contributed by atoms with Crippen LogP contribution in [0.2, 0.25) is 0 Å². The molecule has 2 N–H and O–H groups in total. The Morgan fingerprint density at radius 3 is 2.71 bits per heavy atom. The van der Waals surface area contributed by atoms with Crippen LogP contribution in [-0.2, 0) is 0 Å². The molecule has 0 heterocycles. The highest BCUT2D eigenvalue weighted by Gasteiger charge is 2.05. The van der Waals surface area contributed by atoms with Crippen molar-refractivity contribution in [2.24, 2.45) is 0 Å². The number of aliphatic hydroxyl groups is 1. The van der Waals surface area contributed by atoms with Gasteiger partial charge in [0.15, 0.2) is 0 Å². The molecule has 1 amide bonds. The number of hydrogen-bond donors (Lipinski definition) is 2. The first-order chi connectivity index (χ1) is 8.13. The van der Waals surface area contributed by atoms with Crippen molar-refractivity contribution >= 4 is 21.8 Å². The Balaban J connectivity index is 2.41. The number of amides is 1. The number of unbranched alkanes of at least 4 members (excludes halogenated alkanes) is 2. The Labute approximate surface area is 110 Å². The highest BCUT2D eigenvalue weighted by molar-refractivity contribution is 9.10. The minimum absolute atomic E-state index is 0.0431. The van der Waals surface area contributed by atoms with Crippen molar-refractivity contribution in [1.82, 2.24) is 5.32 Å². The molecule has 0 atom stereocenters. The molecule has 0 saturated heterocycles. The number of carbonyl (C=O) groups excluding carboxylic acids is 1. The van der Waals surface area contributed by atoms with Crippen LogP contribution in [-0.4, -0.2) is 24.2 Å². The summed E-state index contributed by atoms with van der Waals surface area (Å²) < 4.78 is 0.919. The molecule has 1 rings (SSSR count). The summed E-state index contributed by atoms with van der Waals surface area (Å²) in [7, 11) is 0. The normalized spacial score (nSPS) is 10.3. The van der Waals surface area contributed by atoms with Gasteiger partial charge in [0.1, 0.15) is 0 Å². The summed E-state index contributed by atoms with van der Waals surface area (Å²) in [6.45, 7) is 2.84. The summed E-state index contributed by atoms with van der Waals surface area (Å²) in [5.41, 5.74) is 1.74. The lowest BCUT2D eigenvalue weighted by atomic mass is 10.1. The molecule has 1 aromatic carbocycles. The molecular formula is C13H18BrNO2. The van der Waals surface area contributed by atoms with Gasteiger partial charge in [0.25, 0.3) is 5.91 Å². The number of nitrogens with one attached hydrogen (secondary N) is 1. The van der Waals surface area contributed by atoms with Gasteiger partial charge in [-0.1, -0.05) is 15.9 Å². The number of carbonyl (C=O) groups is 1. The highest BCUT2D eigenvalue weighted by atomic mass is 79.9. The van der Waals surface area contributed by atoms with Crippen LogP contribution in [0.5, 0.6) is 0 Å². The van der Waals surface area contributed by atoms with Crippen LogP contribution in [0.4, 0.5) is 0 Å². The molecule has 17 heavy (non-hydrogen) atoms. The SMILES string of the molecule is Cc1cc(Br)cc(C(=O)NCCCCCO)c1. The van der Waals surface area contributed by atoms with Gasteiger partial charge in [-0.25, -0.2) is 0 Å². The van der Waals surface area contributed by atoms with Crippen LogP contribution >= 0.6 is 15.9 Å². The molecule has 0 saturated carbocycles. The third-order valence-electron chi connectivity index (χ3n) is 2.42. The summed E-state index contributed by atoms with van der Waals surface area (Å²) in [6, 6.07) is 5.65. The maximum atomic E-state index is 11.8. The first-order valence-corrected chi connectivity index (χ1v) is 6.59. The molecule has 0 fully saturated rings. The fraction of sp³-hybridized carbons (Fsp3) is 0.462. The van der Waals surface area contributed by atoms with Crippen molar-refractivity contribution < 1.29 is 9.90 Å². The van der Waals surface area contributed by atoms with Crippen LogP contribution < -0.4 is 5.32 Å². The van der Waals surface area contributed by atoms with E-state index in [2.05, 4.69) is 21.2 Å². The van der Waals surface area contributed by atoms with E-state index in [0.717, 1.165) is 29.3 Å². The van der Waals surface area contributed by atoms with E-state index in [9.17, 15) is 4.79 Å². The average molecular weight is 300 g/mol. The standard InChI is InChI=1S/C13H18BrNO2/c1-10-7-11(9-12(14)8-10)13(17)15-5-3-2-4-6-16/h7-9,16H,2-6H2,1H3,(H,15,17). The van der Waals surface area contributed by atoms with Crippen LogP contribution in [0, 0.1) is 6.92 Å². The first kappa shape index (κ1) is 14.2. The van der Waals surface area contributed by atoms with Crippen molar-refractivity contribution in [3.63, 3.8) is 0 Å². The van der Waals surface area contributed by atoms with Crippen molar-refractivity contribution in [1.29, 1.82) is 0 Å². The topological polar surface area (TPSA) is 49.3 Å². The van der Waals surface area contributed by atoms with E-state index in [1.54, 1.807) is 0 Å². The lowest BCUT2D eigenvalue weighted by Crippen LogP contribution is -2.24. The Hall–Kier alpha value is -0.870. The zero-order valence-electron chi connectivity index (χ0n) is 10.0. The Morgan fingerprint density at radius 2 is 2.06 bits per heavy atom. The molecule has 0 bridgehead atoms. The fourth-order valence-corrected chi connectivity index (χ4v) is 2.19. The van der Waals surface area contributed by atoms with Gasteiger partial charge in [0.05, 0.1) is 0 Å². The van der Waals surface area contributed by atoms with Gasteiger partial charge < -0.3 is 10.4 Å². The smallest absolute Gasteiger partial charge is 0.251 e. The summed E-state index contributed by atoms with van der Waals surface area (Å²) in [4.78, 5) is 11.8. The van der Waals surface area contributed by atoms with E-state index < -0.39 is 0 Å². The third-order valence-corrected chi connectivity index (χ3v) is 2.88. The summed E-state index contributed by atoms with van der Waals surface area (Å²) in [5.74, 6) is -0.0431. The monoisotopic (exact) mass is 299 g/mol. The first-order valence-electron chi connectivity index (χ1n) is 5.79. The lowest BCUT2D eigenvalue weighted by Gasteiger charge is -2.06. The highest BCUT2D eigenvalue weighted by Crippen LogP contribution is 2.15. The van der Waals surface area contributed by atoms with Crippen molar-refractivity contribution in [3.05, 3.63) is 33.8 Å². The fourth-order valence-electron chi connectivity index (χ4n) is 1.58. The minimum Gasteiger partial charge on any atom is -0.396 e. The molecule has 0 aliphatic rings. The molecule has 3 nitrogen and oxygen atoms in total. The maximum absolute atomic E-state index is 11.8. The molecular weight excluding hydrogens is 282 g/mol.